The Hall–Kier alpha value is -2.64. The first-order valence-corrected chi connectivity index (χ1v) is 10.5. The number of nitrogens with one attached hydrogen (secondary N) is 3. The van der Waals surface area contributed by atoms with Crippen molar-refractivity contribution < 1.29 is 9.59 Å². The monoisotopic (exact) mass is 445 g/mol. The summed E-state index contributed by atoms with van der Waals surface area (Å²) in [6, 6.07) is 12.8. The summed E-state index contributed by atoms with van der Waals surface area (Å²) in [5.41, 5.74) is 2.05. The van der Waals surface area contributed by atoms with Gasteiger partial charge in [-0.25, -0.2) is 4.98 Å². The highest BCUT2D eigenvalue weighted by atomic mass is 35.5. The van der Waals surface area contributed by atoms with Gasteiger partial charge in [0.05, 0.1) is 12.1 Å². The van der Waals surface area contributed by atoms with Crippen molar-refractivity contribution in [2.45, 2.75) is 45.3 Å². The largest absolute Gasteiger partial charge is 0.383 e. The maximum Gasteiger partial charge on any atom is 0.251 e. The summed E-state index contributed by atoms with van der Waals surface area (Å²) in [6.45, 7) is 6.26. The quantitative estimate of drug-likeness (QED) is 0.581. The second-order valence-corrected chi connectivity index (χ2v) is 8.04. The number of nitrogens with zero attached hydrogens (tertiary/aromatic N) is 2. The van der Waals surface area contributed by atoms with E-state index < -0.39 is 6.04 Å². The summed E-state index contributed by atoms with van der Waals surface area (Å²) in [4.78, 5) is 32.4. The molecule has 31 heavy (non-hydrogen) atoms. The summed E-state index contributed by atoms with van der Waals surface area (Å²) in [7, 11) is 1.72. The van der Waals surface area contributed by atoms with Gasteiger partial charge in [-0.1, -0.05) is 38.1 Å². The number of likely N-dealkylation sites (N-methyl/N-ethyl adjacent to an activating group) is 1. The lowest BCUT2D eigenvalue weighted by Crippen LogP contribution is -2.57. The van der Waals surface area contributed by atoms with Gasteiger partial charge in [0.2, 0.25) is 5.91 Å². The standard InChI is InChI=1S/C23H31N5O2.ClH/c1-15(2)20(27-22(29)16(3)24-4)23(30)28-19(13-17-9-8-12-25-21(17)28)14-26-18-10-6-5-7-11-18;/h5-12,15-16,19-20,24,26H,13-14H2,1-4H3,(H,27,29);1H/t16?,19?,20-;/m0./s1. The number of benzene rings is 1. The molecule has 1 aliphatic heterocycles. The Balaban J connectivity index is 0.00000341. The molecule has 0 bridgehead atoms. The fraction of sp³-hybridized carbons (Fsp3) is 0.435. The third-order valence-corrected chi connectivity index (χ3v) is 5.53. The van der Waals surface area contributed by atoms with E-state index in [4.69, 9.17) is 0 Å². The molecule has 2 heterocycles. The molecule has 3 atom stereocenters. The van der Waals surface area contributed by atoms with Gasteiger partial charge in [0.1, 0.15) is 11.9 Å². The molecule has 3 rings (SSSR count). The van der Waals surface area contributed by atoms with Crippen LogP contribution in [0, 0.1) is 5.92 Å². The molecule has 0 fully saturated rings. The molecular weight excluding hydrogens is 414 g/mol. The van der Waals surface area contributed by atoms with Gasteiger partial charge in [-0.05, 0) is 50.1 Å². The van der Waals surface area contributed by atoms with Crippen LogP contribution < -0.4 is 20.9 Å². The van der Waals surface area contributed by atoms with Gasteiger partial charge in [0.25, 0.3) is 5.91 Å². The van der Waals surface area contributed by atoms with Gasteiger partial charge >= 0.3 is 0 Å². The zero-order chi connectivity index (χ0) is 21.7. The molecule has 2 amide bonds. The van der Waals surface area contributed by atoms with Crippen LogP contribution in [0.5, 0.6) is 0 Å². The predicted octanol–water partition coefficient (Wildman–Crippen LogP) is 2.62. The average Bonchev–Trinajstić information content (AvgIpc) is 3.13. The van der Waals surface area contributed by atoms with Crippen LogP contribution in [0.3, 0.4) is 0 Å². The van der Waals surface area contributed by atoms with Gasteiger partial charge < -0.3 is 16.0 Å². The Morgan fingerprint density at radius 3 is 2.48 bits per heavy atom. The highest BCUT2D eigenvalue weighted by molar-refractivity contribution is 6.01. The first kappa shape index (κ1) is 24.6. The zero-order valence-electron chi connectivity index (χ0n) is 18.5. The third kappa shape index (κ3) is 5.74. The smallest absolute Gasteiger partial charge is 0.251 e. The van der Waals surface area contributed by atoms with Crippen LogP contribution in [-0.2, 0) is 16.0 Å². The minimum Gasteiger partial charge on any atom is -0.383 e. The lowest BCUT2D eigenvalue weighted by Gasteiger charge is -2.31. The molecule has 3 N–H and O–H groups in total. The maximum absolute atomic E-state index is 13.6. The maximum atomic E-state index is 13.6. The second-order valence-electron chi connectivity index (χ2n) is 8.04. The number of carbonyl (C=O) groups excluding carboxylic acids is 2. The van der Waals surface area contributed by atoms with Crippen molar-refractivity contribution in [2.75, 3.05) is 23.8 Å². The number of rotatable bonds is 8. The number of para-hydroxylation sites is 1. The van der Waals surface area contributed by atoms with E-state index in [2.05, 4.69) is 20.9 Å². The van der Waals surface area contributed by atoms with Gasteiger partial charge in [-0.2, -0.15) is 0 Å². The van der Waals surface area contributed by atoms with Crippen molar-refractivity contribution in [3.8, 4) is 0 Å². The molecule has 0 saturated carbocycles. The molecule has 0 saturated heterocycles. The Morgan fingerprint density at radius 1 is 1.13 bits per heavy atom. The van der Waals surface area contributed by atoms with Crippen LogP contribution in [0.1, 0.15) is 26.3 Å². The van der Waals surface area contributed by atoms with Crippen LogP contribution in [0.25, 0.3) is 0 Å². The van der Waals surface area contributed by atoms with Crippen LogP contribution in [0.15, 0.2) is 48.7 Å². The normalized spacial score (nSPS) is 16.8. The van der Waals surface area contributed by atoms with E-state index in [1.54, 1.807) is 25.1 Å². The first-order chi connectivity index (χ1) is 14.4. The summed E-state index contributed by atoms with van der Waals surface area (Å²) in [5, 5.41) is 9.27. The molecule has 1 aliphatic rings. The molecule has 2 aromatic rings. The molecular formula is C23H32ClN5O2. The van der Waals surface area contributed by atoms with Crippen molar-refractivity contribution in [3.63, 3.8) is 0 Å². The van der Waals surface area contributed by atoms with E-state index in [9.17, 15) is 9.59 Å². The molecule has 0 aliphatic carbocycles. The Morgan fingerprint density at radius 2 is 1.84 bits per heavy atom. The van der Waals surface area contributed by atoms with Gasteiger partial charge in [-0.3, -0.25) is 14.5 Å². The van der Waals surface area contributed by atoms with E-state index in [-0.39, 0.29) is 42.2 Å². The number of hydrogen-bond acceptors (Lipinski definition) is 5. The van der Waals surface area contributed by atoms with Crippen LogP contribution in [0.2, 0.25) is 0 Å². The minimum absolute atomic E-state index is 0. The SMILES string of the molecule is CNC(C)C(=O)N[C@H](C(=O)N1c2ncccc2CC1CNc1ccccc1)C(C)C.Cl. The molecule has 1 aromatic heterocycles. The molecule has 168 valence electrons. The van der Waals surface area contributed by atoms with Crippen molar-refractivity contribution in [2.24, 2.45) is 5.92 Å². The molecule has 8 heteroatoms. The van der Waals surface area contributed by atoms with Crippen molar-refractivity contribution in [1.82, 2.24) is 15.6 Å². The number of amides is 2. The van der Waals surface area contributed by atoms with E-state index in [1.807, 2.05) is 56.3 Å². The van der Waals surface area contributed by atoms with Gasteiger partial charge in [0.15, 0.2) is 0 Å². The first-order valence-electron chi connectivity index (χ1n) is 10.5. The summed E-state index contributed by atoms with van der Waals surface area (Å²) in [5.74, 6) is 0.313. The van der Waals surface area contributed by atoms with Crippen LogP contribution in [0.4, 0.5) is 11.5 Å². The minimum atomic E-state index is -0.625. The Kier molecular flexibility index (Phi) is 8.83. The summed E-state index contributed by atoms with van der Waals surface area (Å²) in [6.07, 6.45) is 2.43. The number of aromatic nitrogens is 1. The van der Waals surface area contributed by atoms with E-state index >= 15 is 0 Å². The molecule has 2 unspecified atom stereocenters. The van der Waals surface area contributed by atoms with Gasteiger partial charge in [0, 0.05) is 18.4 Å². The van der Waals surface area contributed by atoms with Gasteiger partial charge in [-0.15, -0.1) is 12.4 Å². The topological polar surface area (TPSA) is 86.4 Å². The highest BCUT2D eigenvalue weighted by Gasteiger charge is 2.39. The molecule has 1 aromatic carbocycles. The second kappa shape index (κ2) is 11.1. The van der Waals surface area contributed by atoms with Crippen molar-refractivity contribution in [3.05, 3.63) is 54.2 Å². The van der Waals surface area contributed by atoms with Crippen molar-refractivity contribution in [1.29, 1.82) is 0 Å². The van der Waals surface area contributed by atoms with E-state index in [0.29, 0.717) is 12.4 Å². The number of halogens is 1. The average molecular weight is 446 g/mol. The Labute approximate surface area is 190 Å². The Bertz CT molecular complexity index is 877. The zero-order valence-corrected chi connectivity index (χ0v) is 19.3. The molecule has 0 spiro atoms. The van der Waals surface area contributed by atoms with Crippen molar-refractivity contribution >= 4 is 35.7 Å². The van der Waals surface area contributed by atoms with Crippen LogP contribution >= 0.6 is 12.4 Å². The predicted molar refractivity (Wildman–Crippen MR) is 127 cm³/mol. The molecule has 7 nitrogen and oxygen atoms in total. The fourth-order valence-corrected chi connectivity index (χ4v) is 3.64. The number of hydrogen-bond donors (Lipinski definition) is 3. The highest BCUT2D eigenvalue weighted by Crippen LogP contribution is 2.31. The number of carbonyl (C=O) groups is 2. The van der Waals surface area contributed by atoms with Crippen LogP contribution in [-0.4, -0.2) is 48.5 Å². The van der Waals surface area contributed by atoms with E-state index in [1.165, 1.54) is 0 Å². The number of pyridine rings is 1. The molecule has 0 radical (unpaired) electrons. The number of fused-ring (bicyclic) bond motifs is 1. The lowest BCUT2D eigenvalue weighted by molar-refractivity contribution is -0.129. The third-order valence-electron chi connectivity index (χ3n) is 5.53. The fourth-order valence-electron chi connectivity index (χ4n) is 3.64. The summed E-state index contributed by atoms with van der Waals surface area (Å²) >= 11 is 0. The van der Waals surface area contributed by atoms with E-state index in [0.717, 1.165) is 17.7 Å². The summed E-state index contributed by atoms with van der Waals surface area (Å²) < 4.78 is 0. The lowest BCUT2D eigenvalue weighted by atomic mass is 10.0. The number of anilines is 2.